The maximum atomic E-state index is 6.77. The third-order valence-corrected chi connectivity index (χ3v) is 9.16. The minimum atomic E-state index is -1.20. The molecule has 0 unspecified atom stereocenters. The van der Waals surface area contributed by atoms with Crippen molar-refractivity contribution in [1.29, 1.82) is 0 Å². The molecule has 1 aliphatic heterocycles. The minimum Gasteiger partial charge on any atom is -0.408 e. The Morgan fingerprint density at radius 3 is 2.00 bits per heavy atom. The van der Waals surface area contributed by atoms with E-state index in [1.165, 1.54) is 78.0 Å². The Morgan fingerprint density at radius 1 is 0.839 bits per heavy atom. The van der Waals surface area contributed by atoms with Crippen molar-refractivity contribution in [1.82, 2.24) is 0 Å². The van der Waals surface area contributed by atoms with Crippen LogP contribution in [0.3, 0.4) is 0 Å². The number of rotatable bonds is 3. The van der Waals surface area contributed by atoms with Gasteiger partial charge in [-0.05, 0) is 98.6 Å². The zero-order valence-corrected chi connectivity index (χ0v) is 19.4. The Kier molecular flexibility index (Phi) is 5.34. The van der Waals surface area contributed by atoms with Crippen molar-refractivity contribution in [2.75, 3.05) is 24.9 Å². The molecule has 0 spiro atoms. The van der Waals surface area contributed by atoms with Gasteiger partial charge in [0.25, 0.3) is 0 Å². The lowest BCUT2D eigenvalue weighted by molar-refractivity contribution is 0.182. The van der Waals surface area contributed by atoms with Crippen LogP contribution in [0, 0.1) is 0 Å². The second-order valence-electron chi connectivity index (χ2n) is 9.40. The molecule has 3 aliphatic rings. The van der Waals surface area contributed by atoms with Crippen LogP contribution in [0.5, 0.6) is 0 Å². The van der Waals surface area contributed by atoms with Gasteiger partial charge < -0.3 is 13.1 Å². The normalized spacial score (nSPS) is 21.4. The first-order valence-corrected chi connectivity index (χ1v) is 13.2. The summed E-state index contributed by atoms with van der Waals surface area (Å²) in [7, 11) is 0.597. The molecule has 2 aliphatic carbocycles. The zero-order valence-electron chi connectivity index (χ0n) is 18.5. The highest BCUT2D eigenvalue weighted by molar-refractivity contribution is 7.39. The van der Waals surface area contributed by atoms with Crippen LogP contribution in [0.1, 0.15) is 60.8 Å². The number of ether oxygens (including phenoxy) is 1. The summed E-state index contributed by atoms with van der Waals surface area (Å²) >= 11 is 0. The van der Waals surface area contributed by atoms with Crippen LogP contribution < -0.4 is 4.67 Å². The molecule has 1 saturated heterocycles. The lowest BCUT2D eigenvalue weighted by Gasteiger charge is -2.20. The van der Waals surface area contributed by atoms with Crippen molar-refractivity contribution < 1.29 is 13.1 Å². The SMILES string of the molecule is COC[C@H]1CCCN1p1oc2ccc3c(c2c2c4c(ccc2o1)CCCC4)CCCC3. The quantitative estimate of drug-likeness (QED) is 0.452. The molecule has 1 fully saturated rings. The van der Waals surface area contributed by atoms with Crippen LogP contribution in [-0.4, -0.2) is 26.3 Å². The number of methoxy groups -OCH3 is 1. The highest BCUT2D eigenvalue weighted by Gasteiger charge is 2.30. The smallest absolute Gasteiger partial charge is 0.310 e. The molecule has 0 saturated carbocycles. The maximum absolute atomic E-state index is 6.77. The molecule has 1 atom stereocenters. The van der Waals surface area contributed by atoms with Gasteiger partial charge in [-0.1, -0.05) is 12.1 Å². The van der Waals surface area contributed by atoms with Crippen LogP contribution in [0.4, 0.5) is 0 Å². The fourth-order valence-electron chi connectivity index (χ4n) is 6.00. The van der Waals surface area contributed by atoms with Crippen molar-refractivity contribution in [2.45, 2.75) is 70.3 Å². The molecule has 0 bridgehead atoms. The fourth-order valence-corrected chi connectivity index (χ4v) is 7.64. The summed E-state index contributed by atoms with van der Waals surface area (Å²) in [4.78, 5) is 0. The van der Waals surface area contributed by atoms with E-state index in [2.05, 4.69) is 28.9 Å². The molecule has 6 rings (SSSR count). The second-order valence-corrected chi connectivity index (χ2v) is 10.8. The van der Waals surface area contributed by atoms with Crippen molar-refractivity contribution in [2.24, 2.45) is 0 Å². The predicted molar refractivity (Wildman–Crippen MR) is 128 cm³/mol. The third-order valence-electron chi connectivity index (χ3n) is 7.51. The molecule has 3 aromatic rings. The third kappa shape index (κ3) is 3.44. The summed E-state index contributed by atoms with van der Waals surface area (Å²) in [5.74, 6) is 0. The molecule has 0 radical (unpaired) electrons. The summed E-state index contributed by atoms with van der Waals surface area (Å²) in [6.07, 6.45) is 12.1. The van der Waals surface area contributed by atoms with Crippen LogP contribution >= 0.6 is 8.16 Å². The monoisotopic (exact) mass is 437 g/mol. The molecule has 2 heterocycles. The molecular formula is C26H32NO3P. The largest absolute Gasteiger partial charge is 0.408 e. The zero-order chi connectivity index (χ0) is 20.8. The Morgan fingerprint density at radius 2 is 1.42 bits per heavy atom. The number of hydrogen-bond acceptors (Lipinski definition) is 4. The van der Waals surface area contributed by atoms with E-state index in [0.717, 1.165) is 43.6 Å². The summed E-state index contributed by atoms with van der Waals surface area (Å²) in [5.41, 5.74) is 8.12. The topological polar surface area (TPSA) is 38.8 Å². The number of aryl methyl sites for hydroxylation is 4. The van der Waals surface area contributed by atoms with E-state index < -0.39 is 8.16 Å². The number of benzene rings is 2. The molecule has 164 valence electrons. The molecule has 0 N–H and O–H groups in total. The van der Waals surface area contributed by atoms with E-state index >= 15 is 0 Å². The molecule has 1 aromatic heterocycles. The second kappa shape index (κ2) is 8.31. The van der Waals surface area contributed by atoms with Crippen molar-refractivity contribution in [3.8, 4) is 0 Å². The Bertz CT molecular complexity index is 1090. The van der Waals surface area contributed by atoms with E-state index in [0.29, 0.717) is 6.04 Å². The summed E-state index contributed by atoms with van der Waals surface area (Å²) in [5, 5.41) is 2.69. The Balaban J connectivity index is 1.69. The predicted octanol–water partition coefficient (Wildman–Crippen LogP) is 6.79. The highest BCUT2D eigenvalue weighted by atomic mass is 31.1. The fraction of sp³-hybridized carbons (Fsp3) is 0.538. The molecule has 31 heavy (non-hydrogen) atoms. The van der Waals surface area contributed by atoms with Gasteiger partial charge in [-0.25, -0.2) is 0 Å². The van der Waals surface area contributed by atoms with Gasteiger partial charge in [0.05, 0.1) is 6.61 Å². The summed E-state index contributed by atoms with van der Waals surface area (Å²) in [6, 6.07) is 9.47. The van der Waals surface area contributed by atoms with Gasteiger partial charge in [0.2, 0.25) is 0 Å². The molecule has 0 amide bonds. The molecule has 5 heteroatoms. The number of nitrogens with zero attached hydrogens (tertiary/aromatic N) is 1. The first-order valence-electron chi connectivity index (χ1n) is 12.0. The van der Waals surface area contributed by atoms with Gasteiger partial charge in [0.1, 0.15) is 11.2 Å². The van der Waals surface area contributed by atoms with Gasteiger partial charge in [-0.3, -0.25) is 0 Å². The molecular weight excluding hydrogens is 405 g/mol. The average molecular weight is 438 g/mol. The van der Waals surface area contributed by atoms with Gasteiger partial charge in [-0.2, -0.15) is 4.67 Å². The van der Waals surface area contributed by atoms with Crippen LogP contribution in [0.2, 0.25) is 0 Å². The van der Waals surface area contributed by atoms with E-state index in [1.807, 2.05) is 0 Å². The minimum absolute atomic E-state index is 0.372. The van der Waals surface area contributed by atoms with Crippen molar-refractivity contribution in [3.05, 3.63) is 46.5 Å². The summed E-state index contributed by atoms with van der Waals surface area (Å²) in [6.45, 7) is 1.75. The summed E-state index contributed by atoms with van der Waals surface area (Å²) < 4.78 is 21.5. The standard InChI is InChI=1S/C26H32NO3P/c1-28-17-20-9-6-16-27(20)31-29-23-14-12-18-7-2-4-10-21(18)25(23)26-22-11-5-3-8-19(22)13-15-24(26)30-31/h12-15,20H,2-11,16-17H2,1H3/t20-/m1/s1. The Hall–Kier alpha value is -1.74. The van der Waals surface area contributed by atoms with Crippen LogP contribution in [0.25, 0.3) is 21.9 Å². The van der Waals surface area contributed by atoms with Gasteiger partial charge in [0, 0.05) is 30.5 Å². The van der Waals surface area contributed by atoms with Crippen molar-refractivity contribution in [3.63, 3.8) is 0 Å². The van der Waals surface area contributed by atoms with E-state index in [9.17, 15) is 0 Å². The van der Waals surface area contributed by atoms with Crippen LogP contribution in [0.15, 0.2) is 32.7 Å². The first kappa shape index (κ1) is 19.9. The van der Waals surface area contributed by atoms with E-state index in [4.69, 9.17) is 13.1 Å². The number of hydrogen-bond donors (Lipinski definition) is 0. The molecule has 2 aromatic carbocycles. The molecule has 4 nitrogen and oxygen atoms in total. The number of fused-ring (bicyclic) bond motifs is 7. The lowest BCUT2D eigenvalue weighted by atomic mass is 9.84. The Labute approximate surface area is 185 Å². The van der Waals surface area contributed by atoms with E-state index in [1.54, 1.807) is 7.11 Å². The average Bonchev–Trinajstić information content (AvgIpc) is 3.19. The van der Waals surface area contributed by atoms with E-state index in [-0.39, 0.29) is 0 Å². The lowest BCUT2D eigenvalue weighted by Crippen LogP contribution is -2.30. The van der Waals surface area contributed by atoms with Crippen molar-refractivity contribution >= 4 is 30.1 Å². The maximum Gasteiger partial charge on any atom is 0.310 e. The van der Waals surface area contributed by atoms with Gasteiger partial charge >= 0.3 is 8.16 Å². The highest BCUT2D eigenvalue weighted by Crippen LogP contribution is 2.44. The van der Waals surface area contributed by atoms with Gasteiger partial charge in [-0.15, -0.1) is 0 Å². The first-order chi connectivity index (χ1) is 15.3. The van der Waals surface area contributed by atoms with Crippen LogP contribution in [-0.2, 0) is 30.4 Å². The van der Waals surface area contributed by atoms with Gasteiger partial charge in [0.15, 0.2) is 0 Å².